The van der Waals surface area contributed by atoms with Gasteiger partial charge >= 0.3 is 0 Å². The van der Waals surface area contributed by atoms with Crippen LogP contribution in [0, 0.1) is 11.3 Å². The zero-order valence-electron chi connectivity index (χ0n) is 12.3. The van der Waals surface area contributed by atoms with E-state index in [0.29, 0.717) is 26.1 Å². The van der Waals surface area contributed by atoms with Gasteiger partial charge in [-0.3, -0.25) is 4.79 Å². The molecule has 3 rings (SSSR count). The van der Waals surface area contributed by atoms with Gasteiger partial charge < -0.3 is 14.4 Å². The van der Waals surface area contributed by atoms with Crippen molar-refractivity contribution in [3.63, 3.8) is 0 Å². The molecule has 1 N–H and O–H groups in total. The van der Waals surface area contributed by atoms with E-state index < -0.39 is 15.4 Å². The second-order valence-electron chi connectivity index (χ2n) is 6.15. The summed E-state index contributed by atoms with van der Waals surface area (Å²) in [6.45, 7) is 1.34. The van der Waals surface area contributed by atoms with Crippen LogP contribution in [0.4, 0.5) is 0 Å². The van der Waals surface area contributed by atoms with E-state index in [1.165, 1.54) is 23.2 Å². The second kappa shape index (κ2) is 5.32. The normalized spacial score (nSPS) is 29.5. The van der Waals surface area contributed by atoms with E-state index in [1.807, 2.05) is 0 Å². The number of sulfonamides is 1. The van der Waals surface area contributed by atoms with Gasteiger partial charge in [-0.05, 0) is 12.3 Å². The monoisotopic (exact) mass is 329 g/mol. The summed E-state index contributed by atoms with van der Waals surface area (Å²) in [7, 11) is -3.30. The minimum atomic E-state index is -3.30. The first-order chi connectivity index (χ1) is 10.4. The summed E-state index contributed by atoms with van der Waals surface area (Å²) in [5, 5.41) is 9.87. The molecule has 2 fully saturated rings. The number of aromatic nitrogens is 1. The van der Waals surface area contributed by atoms with Crippen LogP contribution in [0.15, 0.2) is 17.0 Å². The zero-order chi connectivity index (χ0) is 16.0. The predicted octanol–water partition coefficient (Wildman–Crippen LogP) is -0.609. The van der Waals surface area contributed by atoms with Gasteiger partial charge in [0.15, 0.2) is 6.39 Å². The number of likely N-dealkylation sites (tertiary alicyclic amines) is 1. The lowest BCUT2D eigenvalue weighted by atomic mass is 9.74. The summed E-state index contributed by atoms with van der Waals surface area (Å²) in [5.41, 5.74) is -0.600. The smallest absolute Gasteiger partial charge is 0.291 e. The maximum atomic E-state index is 12.4. The molecule has 2 aliphatic heterocycles. The summed E-state index contributed by atoms with van der Waals surface area (Å²) < 4.78 is 30.0. The number of piperidine rings is 1. The summed E-state index contributed by atoms with van der Waals surface area (Å²) in [6, 6.07) is 0. The van der Waals surface area contributed by atoms with Crippen molar-refractivity contribution in [2.45, 2.75) is 6.42 Å². The highest BCUT2D eigenvalue weighted by atomic mass is 32.2. The van der Waals surface area contributed by atoms with Crippen LogP contribution in [0.2, 0.25) is 0 Å². The number of aliphatic hydroxyl groups is 1. The van der Waals surface area contributed by atoms with E-state index >= 15 is 0 Å². The average Bonchev–Trinajstić information content (AvgIpc) is 3.12. The molecule has 0 bridgehead atoms. The molecule has 22 heavy (non-hydrogen) atoms. The number of carbonyl (C=O) groups is 1. The van der Waals surface area contributed by atoms with Crippen LogP contribution in [-0.2, 0) is 10.0 Å². The maximum absolute atomic E-state index is 12.4. The maximum Gasteiger partial charge on any atom is 0.291 e. The molecule has 0 radical (unpaired) electrons. The minimum Gasteiger partial charge on any atom is -0.438 e. The van der Waals surface area contributed by atoms with Gasteiger partial charge in [-0.15, -0.1) is 0 Å². The SMILES string of the molecule is CS(=O)(=O)N1C[C@@H]2CCN(C(=O)c3cnco3)C[C@]2(CO)C1. The first kappa shape index (κ1) is 15.4. The fourth-order valence-corrected chi connectivity index (χ4v) is 4.41. The van der Waals surface area contributed by atoms with Gasteiger partial charge in [0.25, 0.3) is 5.91 Å². The third-order valence-electron chi connectivity index (χ3n) is 4.75. The van der Waals surface area contributed by atoms with Crippen molar-refractivity contribution < 1.29 is 22.7 Å². The number of oxazole rings is 1. The Kier molecular flexibility index (Phi) is 3.74. The fourth-order valence-electron chi connectivity index (χ4n) is 3.46. The topological polar surface area (TPSA) is 104 Å². The second-order valence-corrected chi connectivity index (χ2v) is 8.14. The molecule has 0 spiro atoms. The molecule has 0 aromatic carbocycles. The highest BCUT2D eigenvalue weighted by Crippen LogP contribution is 2.42. The fraction of sp³-hybridized carbons (Fsp3) is 0.692. The molecule has 122 valence electrons. The number of hydrogen-bond donors (Lipinski definition) is 1. The lowest BCUT2D eigenvalue weighted by molar-refractivity contribution is 0.0114. The van der Waals surface area contributed by atoms with Gasteiger partial charge in [-0.25, -0.2) is 17.7 Å². The molecule has 1 aromatic rings. The number of nitrogens with zero attached hydrogens (tertiary/aromatic N) is 3. The van der Waals surface area contributed by atoms with Crippen molar-refractivity contribution >= 4 is 15.9 Å². The van der Waals surface area contributed by atoms with Crippen molar-refractivity contribution in [3.05, 3.63) is 18.4 Å². The van der Waals surface area contributed by atoms with Crippen LogP contribution >= 0.6 is 0 Å². The standard InChI is InChI=1S/C13H19N3O5S/c1-22(19,20)16-5-10-2-3-15(6-13(10,7-16)8-17)12(18)11-4-14-9-21-11/h4,9-10,17H,2-3,5-8H2,1H3/t10-,13+/m0/s1. The first-order valence-electron chi connectivity index (χ1n) is 7.09. The van der Waals surface area contributed by atoms with Gasteiger partial charge in [0.05, 0.1) is 19.1 Å². The summed E-state index contributed by atoms with van der Waals surface area (Å²) >= 11 is 0. The Morgan fingerprint density at radius 1 is 1.55 bits per heavy atom. The third kappa shape index (κ3) is 2.53. The number of rotatable bonds is 3. The lowest BCUT2D eigenvalue weighted by Crippen LogP contribution is -2.52. The van der Waals surface area contributed by atoms with E-state index in [4.69, 9.17) is 4.42 Å². The van der Waals surface area contributed by atoms with Gasteiger partial charge in [0, 0.05) is 31.6 Å². The molecule has 8 nitrogen and oxygen atoms in total. The third-order valence-corrected chi connectivity index (χ3v) is 5.96. The number of aliphatic hydroxyl groups excluding tert-OH is 1. The summed E-state index contributed by atoms with van der Waals surface area (Å²) in [6.07, 6.45) is 4.39. The largest absolute Gasteiger partial charge is 0.438 e. The van der Waals surface area contributed by atoms with Crippen molar-refractivity contribution in [1.29, 1.82) is 0 Å². The Hall–Kier alpha value is -1.45. The van der Waals surface area contributed by atoms with Crippen LogP contribution in [0.5, 0.6) is 0 Å². The highest BCUT2D eigenvalue weighted by molar-refractivity contribution is 7.88. The molecule has 3 heterocycles. The van der Waals surface area contributed by atoms with Crippen LogP contribution in [0.1, 0.15) is 17.0 Å². The van der Waals surface area contributed by atoms with E-state index in [1.54, 1.807) is 4.90 Å². The molecule has 1 aromatic heterocycles. The van der Waals surface area contributed by atoms with Crippen LogP contribution in [-0.4, -0.2) is 72.7 Å². The first-order valence-corrected chi connectivity index (χ1v) is 8.94. The van der Waals surface area contributed by atoms with Crippen LogP contribution in [0.3, 0.4) is 0 Å². The molecule has 0 unspecified atom stereocenters. The van der Waals surface area contributed by atoms with Gasteiger partial charge in [-0.2, -0.15) is 0 Å². The van der Waals surface area contributed by atoms with Gasteiger partial charge in [-0.1, -0.05) is 0 Å². The molecule has 9 heteroatoms. The number of carbonyl (C=O) groups excluding carboxylic acids is 1. The Balaban J connectivity index is 1.81. The lowest BCUT2D eigenvalue weighted by Gasteiger charge is -2.42. The Morgan fingerprint density at radius 3 is 2.91 bits per heavy atom. The van der Waals surface area contributed by atoms with Crippen LogP contribution < -0.4 is 0 Å². The van der Waals surface area contributed by atoms with E-state index in [2.05, 4.69) is 4.98 Å². The number of fused-ring (bicyclic) bond motifs is 1. The van der Waals surface area contributed by atoms with Crippen LogP contribution in [0.25, 0.3) is 0 Å². The molecule has 0 aliphatic carbocycles. The van der Waals surface area contributed by atoms with Crippen molar-refractivity contribution in [2.75, 3.05) is 39.0 Å². The Labute approximate surface area is 128 Å². The molecule has 0 saturated carbocycles. The highest BCUT2D eigenvalue weighted by Gasteiger charge is 2.52. The molecular formula is C13H19N3O5S. The number of hydrogen-bond acceptors (Lipinski definition) is 6. The van der Waals surface area contributed by atoms with Gasteiger partial charge in [0.1, 0.15) is 0 Å². The number of amides is 1. The van der Waals surface area contributed by atoms with Crippen molar-refractivity contribution in [1.82, 2.24) is 14.2 Å². The van der Waals surface area contributed by atoms with Crippen molar-refractivity contribution in [2.24, 2.45) is 11.3 Å². The molecular weight excluding hydrogens is 310 g/mol. The quantitative estimate of drug-likeness (QED) is 0.793. The molecule has 2 atom stereocenters. The summed E-state index contributed by atoms with van der Waals surface area (Å²) in [4.78, 5) is 17.7. The molecule has 2 aliphatic rings. The summed E-state index contributed by atoms with van der Waals surface area (Å²) in [5.74, 6) is -0.0583. The predicted molar refractivity (Wildman–Crippen MR) is 76.4 cm³/mol. The average molecular weight is 329 g/mol. The molecule has 1 amide bonds. The van der Waals surface area contributed by atoms with Crippen molar-refractivity contribution in [3.8, 4) is 0 Å². The van der Waals surface area contributed by atoms with Gasteiger partial charge in [0.2, 0.25) is 15.8 Å². The minimum absolute atomic E-state index is 0.0611. The van der Waals surface area contributed by atoms with E-state index in [-0.39, 0.29) is 30.7 Å². The van der Waals surface area contributed by atoms with E-state index in [0.717, 1.165) is 0 Å². The molecule has 2 saturated heterocycles. The zero-order valence-corrected chi connectivity index (χ0v) is 13.1. The van der Waals surface area contributed by atoms with E-state index in [9.17, 15) is 18.3 Å². The Bertz CT molecular complexity index is 659. The Morgan fingerprint density at radius 2 is 2.32 bits per heavy atom.